The number of hydrogen-bond acceptors (Lipinski definition) is 2. The zero-order chi connectivity index (χ0) is 10.7. The van der Waals surface area contributed by atoms with Crippen molar-refractivity contribution in [1.29, 1.82) is 0 Å². The molecule has 2 rings (SSSR count). The highest BCUT2D eigenvalue weighted by Crippen LogP contribution is 2.46. The predicted octanol–water partition coefficient (Wildman–Crippen LogP) is 2.13. The van der Waals surface area contributed by atoms with Crippen LogP contribution in [0.2, 0.25) is 0 Å². The van der Waals surface area contributed by atoms with Crippen molar-refractivity contribution in [2.75, 3.05) is 0 Å². The Morgan fingerprint density at radius 2 is 2.00 bits per heavy atom. The third-order valence-corrected chi connectivity index (χ3v) is 3.61. The second kappa shape index (κ2) is 4.17. The van der Waals surface area contributed by atoms with E-state index in [1.54, 1.807) is 0 Å². The summed E-state index contributed by atoms with van der Waals surface area (Å²) in [4.78, 5) is 0. The van der Waals surface area contributed by atoms with E-state index in [9.17, 15) is 0 Å². The van der Waals surface area contributed by atoms with Crippen molar-refractivity contribution >= 4 is 0 Å². The zero-order valence-electron chi connectivity index (χ0n) is 8.95. The van der Waals surface area contributed by atoms with Crippen molar-refractivity contribution in [2.45, 2.75) is 30.7 Å². The van der Waals surface area contributed by atoms with Crippen LogP contribution in [0.1, 0.15) is 24.8 Å². The number of nitrogens with one attached hydrogen (secondary N) is 1. The Bertz CT molecular complexity index is 328. The molecule has 1 aromatic carbocycles. The molecule has 1 unspecified atom stereocenters. The fraction of sp³-hybridized carbons (Fsp3) is 0.385. The van der Waals surface area contributed by atoms with Gasteiger partial charge in [0.25, 0.3) is 0 Å². The molecular weight excluding hydrogens is 184 g/mol. The number of benzene rings is 1. The SMILES string of the molecule is C=CC(NN)C1(c2ccccc2)CCC1. The van der Waals surface area contributed by atoms with Gasteiger partial charge in [-0.1, -0.05) is 42.8 Å². The summed E-state index contributed by atoms with van der Waals surface area (Å²) in [5.41, 5.74) is 4.43. The number of hydrogen-bond donors (Lipinski definition) is 2. The van der Waals surface area contributed by atoms with Gasteiger partial charge in [0, 0.05) is 11.5 Å². The van der Waals surface area contributed by atoms with Crippen LogP contribution in [0.3, 0.4) is 0 Å². The van der Waals surface area contributed by atoms with Gasteiger partial charge in [-0.2, -0.15) is 0 Å². The summed E-state index contributed by atoms with van der Waals surface area (Å²) in [5, 5.41) is 0. The minimum Gasteiger partial charge on any atom is -0.271 e. The zero-order valence-corrected chi connectivity index (χ0v) is 8.95. The fourth-order valence-electron chi connectivity index (χ4n) is 2.56. The van der Waals surface area contributed by atoms with Crippen LogP contribution < -0.4 is 11.3 Å². The quantitative estimate of drug-likeness (QED) is 0.446. The van der Waals surface area contributed by atoms with Crippen molar-refractivity contribution in [2.24, 2.45) is 5.84 Å². The monoisotopic (exact) mass is 202 g/mol. The second-order valence-electron chi connectivity index (χ2n) is 4.26. The first-order chi connectivity index (χ1) is 7.33. The molecule has 2 nitrogen and oxygen atoms in total. The molecule has 1 aromatic rings. The van der Waals surface area contributed by atoms with Crippen LogP contribution in [-0.2, 0) is 5.41 Å². The Kier molecular flexibility index (Phi) is 2.89. The number of rotatable bonds is 4. The Hall–Kier alpha value is -1.12. The van der Waals surface area contributed by atoms with Crippen molar-refractivity contribution < 1.29 is 0 Å². The van der Waals surface area contributed by atoms with Gasteiger partial charge in [0.15, 0.2) is 0 Å². The van der Waals surface area contributed by atoms with Gasteiger partial charge in [-0.05, 0) is 18.4 Å². The summed E-state index contributed by atoms with van der Waals surface area (Å²) in [6.45, 7) is 3.86. The third kappa shape index (κ3) is 1.60. The lowest BCUT2D eigenvalue weighted by molar-refractivity contribution is 0.196. The smallest absolute Gasteiger partial charge is 0.0484 e. The maximum Gasteiger partial charge on any atom is 0.0484 e. The predicted molar refractivity (Wildman–Crippen MR) is 63.3 cm³/mol. The summed E-state index contributed by atoms with van der Waals surface area (Å²) in [7, 11) is 0. The molecule has 0 bridgehead atoms. The molecule has 1 saturated carbocycles. The lowest BCUT2D eigenvalue weighted by Gasteiger charge is -2.47. The van der Waals surface area contributed by atoms with Gasteiger partial charge in [0.1, 0.15) is 0 Å². The van der Waals surface area contributed by atoms with E-state index in [-0.39, 0.29) is 11.5 Å². The van der Waals surface area contributed by atoms with E-state index in [0.717, 1.165) is 0 Å². The van der Waals surface area contributed by atoms with E-state index in [4.69, 9.17) is 5.84 Å². The molecule has 15 heavy (non-hydrogen) atoms. The Labute approximate surface area is 91.2 Å². The second-order valence-corrected chi connectivity index (χ2v) is 4.26. The van der Waals surface area contributed by atoms with Crippen LogP contribution in [0.4, 0.5) is 0 Å². The average molecular weight is 202 g/mol. The van der Waals surface area contributed by atoms with Gasteiger partial charge < -0.3 is 0 Å². The highest BCUT2D eigenvalue weighted by atomic mass is 15.2. The summed E-state index contributed by atoms with van der Waals surface area (Å²) in [6, 6.07) is 10.8. The molecule has 0 saturated heterocycles. The van der Waals surface area contributed by atoms with Crippen molar-refractivity contribution in [3.8, 4) is 0 Å². The molecule has 0 amide bonds. The first-order valence-corrected chi connectivity index (χ1v) is 5.48. The molecular formula is C13H18N2. The molecule has 2 heteroatoms. The van der Waals surface area contributed by atoms with E-state index >= 15 is 0 Å². The summed E-state index contributed by atoms with van der Waals surface area (Å²) in [5.74, 6) is 5.59. The van der Waals surface area contributed by atoms with Gasteiger partial charge in [0.2, 0.25) is 0 Å². The van der Waals surface area contributed by atoms with E-state index in [1.807, 2.05) is 6.08 Å². The van der Waals surface area contributed by atoms with Crippen LogP contribution >= 0.6 is 0 Å². The van der Waals surface area contributed by atoms with E-state index in [2.05, 4.69) is 42.3 Å². The van der Waals surface area contributed by atoms with Crippen molar-refractivity contribution in [3.63, 3.8) is 0 Å². The molecule has 0 aromatic heterocycles. The van der Waals surface area contributed by atoms with Crippen LogP contribution in [0.25, 0.3) is 0 Å². The van der Waals surface area contributed by atoms with Crippen LogP contribution in [-0.4, -0.2) is 6.04 Å². The van der Waals surface area contributed by atoms with E-state index < -0.39 is 0 Å². The molecule has 1 fully saturated rings. The van der Waals surface area contributed by atoms with Crippen LogP contribution in [0, 0.1) is 0 Å². The van der Waals surface area contributed by atoms with Crippen molar-refractivity contribution in [1.82, 2.24) is 5.43 Å². The van der Waals surface area contributed by atoms with Gasteiger partial charge in [0.05, 0.1) is 0 Å². The largest absolute Gasteiger partial charge is 0.271 e. The first-order valence-electron chi connectivity index (χ1n) is 5.48. The third-order valence-electron chi connectivity index (χ3n) is 3.61. The number of hydrazine groups is 1. The van der Waals surface area contributed by atoms with E-state index in [1.165, 1.54) is 24.8 Å². The lowest BCUT2D eigenvalue weighted by Crippen LogP contribution is -2.53. The molecule has 0 spiro atoms. The molecule has 0 radical (unpaired) electrons. The number of nitrogens with two attached hydrogens (primary N) is 1. The summed E-state index contributed by atoms with van der Waals surface area (Å²) in [6.07, 6.45) is 5.59. The maximum absolute atomic E-state index is 5.59. The van der Waals surface area contributed by atoms with Gasteiger partial charge in [-0.3, -0.25) is 11.3 Å². The maximum atomic E-state index is 5.59. The van der Waals surface area contributed by atoms with Gasteiger partial charge in [-0.15, -0.1) is 6.58 Å². The molecule has 3 N–H and O–H groups in total. The standard InChI is InChI=1S/C13H18N2/c1-2-12(15-14)13(9-6-10-13)11-7-4-3-5-8-11/h2-5,7-8,12,15H,1,6,9-10,14H2. The van der Waals surface area contributed by atoms with Crippen LogP contribution in [0.5, 0.6) is 0 Å². The minimum absolute atomic E-state index is 0.175. The highest BCUT2D eigenvalue weighted by Gasteiger charge is 2.43. The Morgan fingerprint density at radius 3 is 2.40 bits per heavy atom. The van der Waals surface area contributed by atoms with Gasteiger partial charge in [-0.25, -0.2) is 0 Å². The highest BCUT2D eigenvalue weighted by molar-refractivity contribution is 5.32. The first kappa shape index (κ1) is 10.4. The molecule has 1 aliphatic rings. The van der Waals surface area contributed by atoms with Crippen LogP contribution in [0.15, 0.2) is 43.0 Å². The molecule has 1 aliphatic carbocycles. The fourth-order valence-corrected chi connectivity index (χ4v) is 2.56. The topological polar surface area (TPSA) is 38.0 Å². The Balaban J connectivity index is 2.33. The summed E-state index contributed by atoms with van der Waals surface area (Å²) < 4.78 is 0. The minimum atomic E-state index is 0.175. The van der Waals surface area contributed by atoms with E-state index in [0.29, 0.717) is 0 Å². The molecule has 0 aliphatic heterocycles. The lowest BCUT2D eigenvalue weighted by atomic mass is 9.60. The molecule has 1 atom stereocenters. The molecule has 0 heterocycles. The Morgan fingerprint density at radius 1 is 1.33 bits per heavy atom. The van der Waals surface area contributed by atoms with Crippen molar-refractivity contribution in [3.05, 3.63) is 48.6 Å². The normalized spacial score (nSPS) is 20.3. The summed E-state index contributed by atoms with van der Waals surface area (Å²) >= 11 is 0. The molecule has 80 valence electrons. The average Bonchev–Trinajstić information content (AvgIpc) is 2.24. The van der Waals surface area contributed by atoms with Gasteiger partial charge >= 0.3 is 0 Å².